The number of halogens is 2. The molecule has 2 aromatic rings. The molecule has 21 heavy (non-hydrogen) atoms. The summed E-state index contributed by atoms with van der Waals surface area (Å²) in [7, 11) is 0. The largest absolute Gasteiger partial charge is 0.294 e. The lowest BCUT2D eigenvalue weighted by Gasteiger charge is -2.22. The van der Waals surface area contributed by atoms with Crippen LogP contribution in [-0.4, -0.2) is 5.78 Å². The van der Waals surface area contributed by atoms with Gasteiger partial charge in [-0.1, -0.05) is 74.3 Å². The van der Waals surface area contributed by atoms with Gasteiger partial charge in [-0.05, 0) is 28.7 Å². The number of Topliss-reactive ketones (excluding diaryl/α,β-unsaturated/α-hetero) is 1. The van der Waals surface area contributed by atoms with Gasteiger partial charge in [0.15, 0.2) is 5.78 Å². The molecular formula is C18H18Cl2O. The maximum absolute atomic E-state index is 12.6. The highest BCUT2D eigenvalue weighted by Gasteiger charge is 2.21. The molecule has 0 heterocycles. The fraction of sp³-hybridized carbons (Fsp3) is 0.278. The van der Waals surface area contributed by atoms with Gasteiger partial charge in [0, 0.05) is 22.0 Å². The molecule has 0 N–H and O–H groups in total. The number of rotatable bonds is 3. The summed E-state index contributed by atoms with van der Waals surface area (Å²) in [6, 6.07) is 13.0. The summed E-state index contributed by atoms with van der Waals surface area (Å²) in [6.07, 6.45) is 0.281. The van der Waals surface area contributed by atoms with Gasteiger partial charge in [-0.2, -0.15) is 0 Å². The first-order chi connectivity index (χ1) is 9.79. The molecule has 0 spiro atoms. The van der Waals surface area contributed by atoms with E-state index in [1.165, 1.54) is 0 Å². The number of ketones is 1. The quantitative estimate of drug-likeness (QED) is 0.661. The van der Waals surface area contributed by atoms with Crippen molar-refractivity contribution < 1.29 is 4.79 Å². The average molecular weight is 321 g/mol. The van der Waals surface area contributed by atoms with Gasteiger partial charge in [0.2, 0.25) is 0 Å². The Morgan fingerprint density at radius 2 is 1.71 bits per heavy atom. The zero-order valence-electron chi connectivity index (χ0n) is 12.4. The van der Waals surface area contributed by atoms with E-state index in [1.54, 1.807) is 12.1 Å². The van der Waals surface area contributed by atoms with Crippen LogP contribution in [0.25, 0.3) is 0 Å². The summed E-state index contributed by atoms with van der Waals surface area (Å²) in [4.78, 5) is 12.6. The molecule has 0 saturated carbocycles. The Balaban J connectivity index is 2.33. The van der Waals surface area contributed by atoms with Gasteiger partial charge in [-0.15, -0.1) is 0 Å². The molecule has 0 amide bonds. The fourth-order valence-electron chi connectivity index (χ4n) is 2.31. The van der Waals surface area contributed by atoms with Crippen LogP contribution in [0.4, 0.5) is 0 Å². The number of hydrogen-bond acceptors (Lipinski definition) is 1. The highest BCUT2D eigenvalue weighted by atomic mass is 35.5. The van der Waals surface area contributed by atoms with Crippen molar-refractivity contribution in [2.45, 2.75) is 32.6 Å². The Morgan fingerprint density at radius 3 is 2.33 bits per heavy atom. The summed E-state index contributed by atoms with van der Waals surface area (Å²) < 4.78 is 0. The maximum Gasteiger partial charge on any atom is 0.167 e. The van der Waals surface area contributed by atoms with Crippen LogP contribution in [0.2, 0.25) is 10.0 Å². The molecule has 2 aromatic carbocycles. The van der Waals surface area contributed by atoms with Crippen LogP contribution < -0.4 is 0 Å². The monoisotopic (exact) mass is 320 g/mol. The van der Waals surface area contributed by atoms with Crippen LogP contribution in [0.5, 0.6) is 0 Å². The maximum atomic E-state index is 12.6. The molecule has 0 aliphatic heterocycles. The van der Waals surface area contributed by atoms with E-state index in [0.29, 0.717) is 10.0 Å². The van der Waals surface area contributed by atoms with Gasteiger partial charge in [-0.3, -0.25) is 4.79 Å². The zero-order valence-corrected chi connectivity index (χ0v) is 13.9. The third-order valence-electron chi connectivity index (χ3n) is 3.40. The molecule has 0 saturated heterocycles. The predicted octanol–water partition coefficient (Wildman–Crippen LogP) is 5.72. The molecule has 2 rings (SSSR count). The van der Waals surface area contributed by atoms with Crippen LogP contribution >= 0.6 is 23.2 Å². The van der Waals surface area contributed by atoms with Crippen molar-refractivity contribution in [2.75, 3.05) is 0 Å². The van der Waals surface area contributed by atoms with Crippen molar-refractivity contribution in [3.63, 3.8) is 0 Å². The van der Waals surface area contributed by atoms with Gasteiger partial charge in [0.05, 0.1) is 0 Å². The topological polar surface area (TPSA) is 17.1 Å². The van der Waals surface area contributed by atoms with Crippen molar-refractivity contribution >= 4 is 29.0 Å². The number of hydrogen-bond donors (Lipinski definition) is 0. The van der Waals surface area contributed by atoms with Crippen LogP contribution in [0, 0.1) is 0 Å². The lowest BCUT2D eigenvalue weighted by molar-refractivity contribution is 0.0991. The Bertz CT molecular complexity index is 669. The van der Waals surface area contributed by atoms with Crippen molar-refractivity contribution in [3.05, 3.63) is 69.2 Å². The van der Waals surface area contributed by atoms with Crippen LogP contribution in [-0.2, 0) is 11.8 Å². The molecule has 110 valence electrons. The van der Waals surface area contributed by atoms with E-state index in [4.69, 9.17) is 23.2 Å². The second kappa shape index (κ2) is 6.21. The number of carbonyl (C=O) groups is 1. The second-order valence-corrected chi connectivity index (χ2v) is 6.97. The Hall–Kier alpha value is -1.31. The van der Waals surface area contributed by atoms with Gasteiger partial charge in [0.25, 0.3) is 0 Å². The van der Waals surface area contributed by atoms with Crippen molar-refractivity contribution in [3.8, 4) is 0 Å². The summed E-state index contributed by atoms with van der Waals surface area (Å²) in [5.41, 5.74) is 2.54. The van der Waals surface area contributed by atoms with Gasteiger partial charge >= 0.3 is 0 Å². The average Bonchev–Trinajstić information content (AvgIpc) is 2.41. The van der Waals surface area contributed by atoms with E-state index >= 15 is 0 Å². The van der Waals surface area contributed by atoms with Crippen molar-refractivity contribution in [1.29, 1.82) is 0 Å². The number of carbonyl (C=O) groups excluding carboxylic acids is 1. The first-order valence-electron chi connectivity index (χ1n) is 6.85. The summed E-state index contributed by atoms with van der Waals surface area (Å²) in [6.45, 7) is 6.32. The molecule has 0 fully saturated rings. The Labute approximate surface area is 135 Å². The highest BCUT2D eigenvalue weighted by molar-refractivity contribution is 6.35. The molecule has 0 atom stereocenters. The van der Waals surface area contributed by atoms with Crippen LogP contribution in [0.1, 0.15) is 42.3 Å². The molecular weight excluding hydrogens is 303 g/mol. The van der Waals surface area contributed by atoms with E-state index in [0.717, 1.165) is 16.7 Å². The summed E-state index contributed by atoms with van der Waals surface area (Å²) in [5, 5.41) is 1.11. The van der Waals surface area contributed by atoms with Crippen LogP contribution in [0.15, 0.2) is 42.5 Å². The Morgan fingerprint density at radius 1 is 1.05 bits per heavy atom. The minimum atomic E-state index is -0.0734. The molecule has 0 unspecified atom stereocenters. The minimum absolute atomic E-state index is 0.0734. The first kappa shape index (κ1) is 16.1. The van der Waals surface area contributed by atoms with E-state index < -0.39 is 0 Å². The summed E-state index contributed by atoms with van der Waals surface area (Å²) in [5.74, 6) is 0.0738. The van der Waals surface area contributed by atoms with E-state index in [2.05, 4.69) is 20.8 Å². The highest BCUT2D eigenvalue weighted by Crippen LogP contribution is 2.28. The van der Waals surface area contributed by atoms with Gasteiger partial charge in [0.1, 0.15) is 0 Å². The minimum Gasteiger partial charge on any atom is -0.294 e. The molecule has 0 aliphatic carbocycles. The predicted molar refractivity (Wildman–Crippen MR) is 89.6 cm³/mol. The second-order valence-electron chi connectivity index (χ2n) is 6.13. The Kier molecular flexibility index (Phi) is 4.75. The van der Waals surface area contributed by atoms with E-state index in [-0.39, 0.29) is 17.6 Å². The molecule has 0 aliphatic rings. The normalized spacial score (nSPS) is 11.5. The molecule has 1 nitrogen and oxygen atoms in total. The zero-order chi connectivity index (χ0) is 15.6. The molecule has 0 radical (unpaired) electrons. The standard InChI is InChI=1S/C18H18Cl2O/c1-18(2,3)15-7-5-4-6-14(15)17(21)10-12-8-9-13(19)11-16(12)20/h4-9,11H,10H2,1-3H3. The van der Waals surface area contributed by atoms with Crippen LogP contribution in [0.3, 0.4) is 0 Å². The van der Waals surface area contributed by atoms with Crippen molar-refractivity contribution in [1.82, 2.24) is 0 Å². The molecule has 0 bridgehead atoms. The lowest BCUT2D eigenvalue weighted by atomic mass is 9.82. The third kappa shape index (κ3) is 3.87. The first-order valence-corrected chi connectivity index (χ1v) is 7.61. The van der Waals surface area contributed by atoms with Gasteiger partial charge < -0.3 is 0 Å². The number of benzene rings is 2. The smallest absolute Gasteiger partial charge is 0.167 e. The fourth-order valence-corrected chi connectivity index (χ4v) is 2.79. The van der Waals surface area contributed by atoms with E-state index in [1.807, 2.05) is 30.3 Å². The van der Waals surface area contributed by atoms with E-state index in [9.17, 15) is 4.79 Å². The lowest BCUT2D eigenvalue weighted by Crippen LogP contribution is -2.17. The van der Waals surface area contributed by atoms with Crippen molar-refractivity contribution in [2.24, 2.45) is 0 Å². The molecule has 3 heteroatoms. The SMILES string of the molecule is CC(C)(C)c1ccccc1C(=O)Cc1ccc(Cl)cc1Cl. The third-order valence-corrected chi connectivity index (χ3v) is 3.99. The summed E-state index contributed by atoms with van der Waals surface area (Å²) >= 11 is 12.0. The molecule has 0 aromatic heterocycles. The van der Waals surface area contributed by atoms with Gasteiger partial charge in [-0.25, -0.2) is 0 Å².